The van der Waals surface area contributed by atoms with Gasteiger partial charge in [-0.2, -0.15) is 0 Å². The molecule has 1 amide bonds. The molecule has 7 heteroatoms. The number of hydrogen-bond acceptors (Lipinski definition) is 4. The third-order valence-corrected chi connectivity index (χ3v) is 6.36. The van der Waals surface area contributed by atoms with Gasteiger partial charge in [-0.3, -0.25) is 4.79 Å². The highest BCUT2D eigenvalue weighted by molar-refractivity contribution is 7.89. The van der Waals surface area contributed by atoms with E-state index in [9.17, 15) is 13.2 Å². The van der Waals surface area contributed by atoms with Crippen LogP contribution in [-0.2, 0) is 21.2 Å². The van der Waals surface area contributed by atoms with Gasteiger partial charge in [0.15, 0.2) is 0 Å². The predicted octanol–water partition coefficient (Wildman–Crippen LogP) is 3.36. The summed E-state index contributed by atoms with van der Waals surface area (Å²) in [6, 6.07) is 4.91. The largest absolute Gasteiger partial charge is 0.464 e. The zero-order valence-corrected chi connectivity index (χ0v) is 16.6. The number of furan rings is 1. The van der Waals surface area contributed by atoms with Crippen molar-refractivity contribution in [1.82, 2.24) is 10.0 Å². The standard InChI is InChI=1S/C20H28N2O4S/c1-2-3-4-5-11-22-27(24,25)17-8-9-19-18(13-17)16(14-26-19)10-12-21-20(23)15-6-7-15/h8-9,13-15,22H,2-7,10-12H2,1H3,(H,21,23). The molecule has 6 nitrogen and oxygen atoms in total. The van der Waals surface area contributed by atoms with Gasteiger partial charge in [0.25, 0.3) is 0 Å². The van der Waals surface area contributed by atoms with Crippen molar-refractivity contribution in [2.45, 2.75) is 56.8 Å². The molecule has 0 spiro atoms. The van der Waals surface area contributed by atoms with Crippen LogP contribution in [0.15, 0.2) is 33.8 Å². The Bertz CT molecular complexity index is 885. The zero-order valence-electron chi connectivity index (χ0n) is 15.8. The lowest BCUT2D eigenvalue weighted by Crippen LogP contribution is -2.26. The van der Waals surface area contributed by atoms with Crippen LogP contribution in [0.5, 0.6) is 0 Å². The van der Waals surface area contributed by atoms with Crippen LogP contribution in [0.1, 0.15) is 51.0 Å². The molecule has 0 radical (unpaired) electrons. The number of nitrogens with one attached hydrogen (secondary N) is 2. The monoisotopic (exact) mass is 392 g/mol. The lowest BCUT2D eigenvalue weighted by atomic mass is 10.1. The minimum Gasteiger partial charge on any atom is -0.464 e. The number of amides is 1. The van der Waals surface area contributed by atoms with Gasteiger partial charge >= 0.3 is 0 Å². The van der Waals surface area contributed by atoms with Crippen molar-refractivity contribution in [3.05, 3.63) is 30.0 Å². The molecule has 0 atom stereocenters. The molecule has 2 aromatic rings. The lowest BCUT2D eigenvalue weighted by molar-refractivity contribution is -0.122. The molecular weight excluding hydrogens is 364 g/mol. The van der Waals surface area contributed by atoms with Crippen LogP contribution in [0.4, 0.5) is 0 Å². The summed E-state index contributed by atoms with van der Waals surface area (Å²) in [6.45, 7) is 3.10. The molecule has 1 fully saturated rings. The van der Waals surface area contributed by atoms with Crippen molar-refractivity contribution < 1.29 is 17.6 Å². The van der Waals surface area contributed by atoms with E-state index in [-0.39, 0.29) is 16.7 Å². The molecule has 0 aliphatic heterocycles. The molecule has 1 aromatic heterocycles. The lowest BCUT2D eigenvalue weighted by Gasteiger charge is -2.07. The van der Waals surface area contributed by atoms with Gasteiger partial charge < -0.3 is 9.73 Å². The van der Waals surface area contributed by atoms with Crippen LogP contribution in [0.3, 0.4) is 0 Å². The average Bonchev–Trinajstić information content (AvgIpc) is 3.43. The Labute approximate surface area is 160 Å². The van der Waals surface area contributed by atoms with Crippen LogP contribution in [-0.4, -0.2) is 27.4 Å². The summed E-state index contributed by atoms with van der Waals surface area (Å²) in [5, 5.41) is 3.71. The third-order valence-electron chi connectivity index (χ3n) is 4.90. The fourth-order valence-corrected chi connectivity index (χ4v) is 4.17. The molecule has 2 N–H and O–H groups in total. The maximum absolute atomic E-state index is 12.5. The van der Waals surface area contributed by atoms with Crippen LogP contribution in [0.2, 0.25) is 0 Å². The van der Waals surface area contributed by atoms with E-state index in [4.69, 9.17) is 4.42 Å². The molecule has 0 bridgehead atoms. The molecular formula is C20H28N2O4S. The Kier molecular flexibility index (Phi) is 6.55. The number of carbonyl (C=O) groups excluding carboxylic acids is 1. The first-order chi connectivity index (χ1) is 13.0. The summed E-state index contributed by atoms with van der Waals surface area (Å²) in [4.78, 5) is 12.0. The van der Waals surface area contributed by atoms with E-state index in [2.05, 4.69) is 17.0 Å². The van der Waals surface area contributed by atoms with Crippen LogP contribution >= 0.6 is 0 Å². The predicted molar refractivity (Wildman–Crippen MR) is 105 cm³/mol. The summed E-state index contributed by atoms with van der Waals surface area (Å²) in [6.07, 6.45) is 8.31. The fraction of sp³-hybridized carbons (Fsp3) is 0.550. The van der Waals surface area contributed by atoms with Crippen LogP contribution in [0.25, 0.3) is 11.0 Å². The Morgan fingerprint density at radius 1 is 1.19 bits per heavy atom. The van der Waals surface area contributed by atoms with Gasteiger partial charge in [0.05, 0.1) is 11.2 Å². The molecule has 27 heavy (non-hydrogen) atoms. The van der Waals surface area contributed by atoms with Crippen LogP contribution < -0.4 is 10.0 Å². The summed E-state index contributed by atoms with van der Waals surface area (Å²) < 4.78 is 33.3. The van der Waals surface area contributed by atoms with Crippen molar-refractivity contribution in [3.8, 4) is 0 Å². The summed E-state index contributed by atoms with van der Waals surface area (Å²) in [7, 11) is -3.53. The van der Waals surface area contributed by atoms with E-state index >= 15 is 0 Å². The number of benzene rings is 1. The number of fused-ring (bicyclic) bond motifs is 1. The highest BCUT2D eigenvalue weighted by atomic mass is 32.2. The minimum atomic E-state index is -3.53. The second-order valence-electron chi connectivity index (χ2n) is 7.19. The van der Waals surface area contributed by atoms with Gasteiger partial charge in [-0.1, -0.05) is 26.2 Å². The van der Waals surface area contributed by atoms with E-state index in [1.165, 1.54) is 0 Å². The minimum absolute atomic E-state index is 0.110. The Morgan fingerprint density at radius 3 is 2.74 bits per heavy atom. The van der Waals surface area contributed by atoms with E-state index in [1.807, 2.05) is 0 Å². The Morgan fingerprint density at radius 2 is 2.00 bits per heavy atom. The van der Waals surface area contributed by atoms with Gasteiger partial charge in [-0.25, -0.2) is 13.1 Å². The zero-order chi connectivity index (χ0) is 19.3. The topological polar surface area (TPSA) is 88.4 Å². The molecule has 3 rings (SSSR count). The molecule has 0 saturated heterocycles. The van der Waals surface area contributed by atoms with Crippen molar-refractivity contribution in [3.63, 3.8) is 0 Å². The second-order valence-corrected chi connectivity index (χ2v) is 8.96. The third kappa shape index (κ3) is 5.32. The summed E-state index contributed by atoms with van der Waals surface area (Å²) >= 11 is 0. The van der Waals surface area contributed by atoms with Gasteiger partial charge in [0.1, 0.15) is 5.58 Å². The smallest absolute Gasteiger partial charge is 0.240 e. The second kappa shape index (κ2) is 8.89. The van der Waals surface area contributed by atoms with Crippen molar-refractivity contribution in [2.24, 2.45) is 5.92 Å². The quantitative estimate of drug-likeness (QED) is 0.574. The van der Waals surface area contributed by atoms with E-state index in [0.29, 0.717) is 25.1 Å². The van der Waals surface area contributed by atoms with Crippen molar-refractivity contribution >= 4 is 26.9 Å². The van der Waals surface area contributed by atoms with Gasteiger partial charge in [0.2, 0.25) is 15.9 Å². The van der Waals surface area contributed by atoms with Gasteiger partial charge in [0, 0.05) is 24.4 Å². The first kappa shape index (κ1) is 19.9. The van der Waals surface area contributed by atoms with Crippen molar-refractivity contribution in [1.29, 1.82) is 0 Å². The molecule has 1 aliphatic carbocycles. The average molecular weight is 393 g/mol. The first-order valence-electron chi connectivity index (χ1n) is 9.79. The van der Waals surface area contributed by atoms with E-state index < -0.39 is 10.0 Å². The van der Waals surface area contributed by atoms with Crippen molar-refractivity contribution in [2.75, 3.05) is 13.1 Å². The first-order valence-corrected chi connectivity index (χ1v) is 11.3. The highest BCUT2D eigenvalue weighted by Crippen LogP contribution is 2.29. The Hall–Kier alpha value is -1.86. The number of rotatable bonds is 11. The maximum Gasteiger partial charge on any atom is 0.240 e. The molecule has 1 aliphatic rings. The Balaban J connectivity index is 1.63. The van der Waals surface area contributed by atoms with Crippen LogP contribution in [0, 0.1) is 5.92 Å². The van der Waals surface area contributed by atoms with Gasteiger partial charge in [-0.05, 0) is 49.4 Å². The molecule has 0 unspecified atom stereocenters. The SMILES string of the molecule is CCCCCCNS(=O)(=O)c1ccc2occ(CCNC(=O)C3CC3)c2c1. The summed E-state index contributed by atoms with van der Waals surface area (Å²) in [5.74, 6) is 0.296. The molecule has 148 valence electrons. The summed E-state index contributed by atoms with van der Waals surface area (Å²) in [5.41, 5.74) is 1.56. The van der Waals surface area contributed by atoms with E-state index in [0.717, 1.165) is 49.5 Å². The van der Waals surface area contributed by atoms with Gasteiger partial charge in [-0.15, -0.1) is 0 Å². The number of sulfonamides is 1. The maximum atomic E-state index is 12.5. The number of unbranched alkanes of at least 4 members (excludes halogenated alkanes) is 3. The fourth-order valence-electron chi connectivity index (χ4n) is 3.07. The molecule has 1 heterocycles. The normalized spacial score (nSPS) is 14.6. The number of hydrogen-bond donors (Lipinski definition) is 2. The highest BCUT2D eigenvalue weighted by Gasteiger charge is 2.29. The van der Waals surface area contributed by atoms with E-state index in [1.54, 1.807) is 24.5 Å². The molecule has 1 aromatic carbocycles. The number of carbonyl (C=O) groups is 1. The molecule has 1 saturated carbocycles.